The number of phenolic OH excluding ortho intramolecular Hbond substituents is 1. The van der Waals surface area contributed by atoms with Crippen LogP contribution in [0, 0.1) is 5.92 Å². The van der Waals surface area contributed by atoms with Gasteiger partial charge in [-0.05, 0) is 36.5 Å². The number of rotatable bonds is 4. The molecule has 0 saturated heterocycles. The smallest absolute Gasteiger partial charge is 0.223 e. The average molecular weight is 219 g/mol. The maximum atomic E-state index is 11.7. The van der Waals surface area contributed by atoms with Crippen LogP contribution in [0.15, 0.2) is 24.3 Å². The molecule has 0 aliphatic heterocycles. The number of hydrogen-bond donors (Lipinski definition) is 2. The Kier molecular flexibility index (Phi) is 3.13. The van der Waals surface area contributed by atoms with Crippen molar-refractivity contribution in [3.8, 4) is 5.75 Å². The second-order valence-electron chi connectivity index (χ2n) is 4.33. The highest BCUT2D eigenvalue weighted by molar-refractivity contribution is 5.82. The van der Waals surface area contributed by atoms with Crippen LogP contribution in [0.25, 0.3) is 0 Å². The van der Waals surface area contributed by atoms with E-state index in [0.717, 1.165) is 24.9 Å². The summed E-state index contributed by atoms with van der Waals surface area (Å²) in [4.78, 5) is 11.7. The Labute approximate surface area is 95.5 Å². The molecule has 0 aromatic heterocycles. The first-order valence-electron chi connectivity index (χ1n) is 5.79. The highest BCUT2D eigenvalue weighted by Gasteiger charge is 2.43. The monoisotopic (exact) mass is 219 g/mol. The molecule has 1 saturated carbocycles. The molecule has 16 heavy (non-hydrogen) atoms. The lowest BCUT2D eigenvalue weighted by molar-refractivity contribution is -0.122. The van der Waals surface area contributed by atoms with Crippen molar-refractivity contribution in [3.05, 3.63) is 29.8 Å². The van der Waals surface area contributed by atoms with Gasteiger partial charge in [0, 0.05) is 12.5 Å². The third-order valence-electron chi connectivity index (χ3n) is 3.00. The molecular weight excluding hydrogens is 202 g/mol. The van der Waals surface area contributed by atoms with Crippen LogP contribution in [-0.2, 0) is 4.79 Å². The summed E-state index contributed by atoms with van der Waals surface area (Å²) in [5.41, 5.74) is 1.15. The molecule has 86 valence electrons. The predicted molar refractivity (Wildman–Crippen MR) is 62.3 cm³/mol. The Balaban J connectivity index is 1.91. The van der Waals surface area contributed by atoms with Gasteiger partial charge in [0.25, 0.3) is 0 Å². The van der Waals surface area contributed by atoms with Gasteiger partial charge in [-0.3, -0.25) is 4.79 Å². The van der Waals surface area contributed by atoms with Gasteiger partial charge in [0.1, 0.15) is 5.75 Å². The van der Waals surface area contributed by atoms with Gasteiger partial charge in [-0.25, -0.2) is 0 Å². The Morgan fingerprint density at radius 2 is 2.12 bits per heavy atom. The number of phenols is 1. The lowest BCUT2D eigenvalue weighted by atomic mass is 10.1. The Hall–Kier alpha value is -1.51. The molecule has 2 atom stereocenters. The van der Waals surface area contributed by atoms with E-state index in [1.54, 1.807) is 12.1 Å². The van der Waals surface area contributed by atoms with Crippen molar-refractivity contribution in [3.63, 3.8) is 0 Å². The molecule has 0 spiro atoms. The van der Waals surface area contributed by atoms with Crippen LogP contribution in [0.5, 0.6) is 5.75 Å². The van der Waals surface area contributed by atoms with Crippen molar-refractivity contribution in [2.75, 3.05) is 6.54 Å². The van der Waals surface area contributed by atoms with Gasteiger partial charge in [0.2, 0.25) is 5.91 Å². The van der Waals surface area contributed by atoms with Crippen LogP contribution in [0.1, 0.15) is 31.2 Å². The highest BCUT2D eigenvalue weighted by atomic mass is 16.3. The van der Waals surface area contributed by atoms with Crippen LogP contribution in [0.3, 0.4) is 0 Å². The van der Waals surface area contributed by atoms with Crippen molar-refractivity contribution in [2.45, 2.75) is 25.7 Å². The maximum absolute atomic E-state index is 11.7. The van der Waals surface area contributed by atoms with E-state index in [2.05, 4.69) is 5.32 Å². The normalized spacial score (nSPS) is 22.8. The number of nitrogens with one attached hydrogen (secondary N) is 1. The van der Waals surface area contributed by atoms with E-state index in [4.69, 9.17) is 0 Å². The summed E-state index contributed by atoms with van der Waals surface area (Å²) in [7, 11) is 0. The molecule has 0 radical (unpaired) electrons. The van der Waals surface area contributed by atoms with E-state index >= 15 is 0 Å². The summed E-state index contributed by atoms with van der Waals surface area (Å²) in [6.45, 7) is 2.81. The van der Waals surface area contributed by atoms with Crippen LogP contribution >= 0.6 is 0 Å². The van der Waals surface area contributed by atoms with E-state index in [0.29, 0.717) is 5.92 Å². The van der Waals surface area contributed by atoms with Gasteiger partial charge in [-0.15, -0.1) is 0 Å². The average Bonchev–Trinajstić information content (AvgIpc) is 3.07. The predicted octanol–water partition coefficient (Wildman–Crippen LogP) is 2.02. The fourth-order valence-electron chi connectivity index (χ4n) is 1.95. The molecule has 1 amide bonds. The zero-order valence-corrected chi connectivity index (χ0v) is 9.44. The summed E-state index contributed by atoms with van der Waals surface area (Å²) in [6, 6.07) is 7.14. The third-order valence-corrected chi connectivity index (χ3v) is 3.00. The standard InChI is InChI=1S/C13H17NO2/c1-2-7-14-13(16)12-8-11(12)9-3-5-10(15)6-4-9/h3-6,11-12,15H,2,7-8H2,1H3,(H,14,16). The van der Waals surface area contributed by atoms with Crippen molar-refractivity contribution >= 4 is 5.91 Å². The first-order valence-corrected chi connectivity index (χ1v) is 5.79. The van der Waals surface area contributed by atoms with E-state index < -0.39 is 0 Å². The zero-order valence-electron chi connectivity index (χ0n) is 9.44. The molecule has 2 unspecified atom stereocenters. The number of benzene rings is 1. The van der Waals surface area contributed by atoms with Crippen molar-refractivity contribution in [2.24, 2.45) is 5.92 Å². The summed E-state index contributed by atoms with van der Waals surface area (Å²) >= 11 is 0. The van der Waals surface area contributed by atoms with Crippen molar-refractivity contribution in [1.82, 2.24) is 5.32 Å². The van der Waals surface area contributed by atoms with E-state index in [9.17, 15) is 9.90 Å². The summed E-state index contributed by atoms with van der Waals surface area (Å²) < 4.78 is 0. The SMILES string of the molecule is CCCNC(=O)C1CC1c1ccc(O)cc1. The fourth-order valence-corrected chi connectivity index (χ4v) is 1.95. The molecule has 2 N–H and O–H groups in total. The van der Waals surface area contributed by atoms with Crippen LogP contribution < -0.4 is 5.32 Å². The topological polar surface area (TPSA) is 49.3 Å². The Morgan fingerprint density at radius 3 is 2.75 bits per heavy atom. The molecule has 0 bridgehead atoms. The summed E-state index contributed by atoms with van der Waals surface area (Å²) in [5.74, 6) is 0.921. The lowest BCUT2D eigenvalue weighted by Crippen LogP contribution is -2.25. The second kappa shape index (κ2) is 4.56. The molecule has 1 aromatic carbocycles. The minimum Gasteiger partial charge on any atom is -0.508 e. The van der Waals surface area contributed by atoms with Crippen LogP contribution in [0.4, 0.5) is 0 Å². The van der Waals surface area contributed by atoms with Gasteiger partial charge in [-0.2, -0.15) is 0 Å². The first-order chi connectivity index (χ1) is 7.72. The van der Waals surface area contributed by atoms with Gasteiger partial charge in [-0.1, -0.05) is 19.1 Å². The van der Waals surface area contributed by atoms with Crippen LogP contribution in [0.2, 0.25) is 0 Å². The third kappa shape index (κ3) is 2.35. The Morgan fingerprint density at radius 1 is 1.44 bits per heavy atom. The summed E-state index contributed by atoms with van der Waals surface area (Å²) in [6.07, 6.45) is 1.91. The van der Waals surface area contributed by atoms with Gasteiger partial charge in [0.05, 0.1) is 0 Å². The molecule has 3 nitrogen and oxygen atoms in total. The molecule has 1 fully saturated rings. The number of aromatic hydroxyl groups is 1. The lowest BCUT2D eigenvalue weighted by Gasteiger charge is -2.03. The molecule has 0 heterocycles. The summed E-state index contributed by atoms with van der Waals surface area (Å²) in [5, 5.41) is 12.1. The molecular formula is C13H17NO2. The highest BCUT2D eigenvalue weighted by Crippen LogP contribution is 2.47. The van der Waals surface area contributed by atoms with Crippen molar-refractivity contribution in [1.29, 1.82) is 0 Å². The number of carbonyl (C=O) groups is 1. The Bertz CT molecular complexity index is 372. The minimum atomic E-state index is 0.135. The molecule has 3 heteroatoms. The fraction of sp³-hybridized carbons (Fsp3) is 0.462. The minimum absolute atomic E-state index is 0.135. The van der Waals surface area contributed by atoms with Crippen molar-refractivity contribution < 1.29 is 9.90 Å². The van der Waals surface area contributed by atoms with Gasteiger partial charge < -0.3 is 10.4 Å². The molecule has 1 aromatic rings. The van der Waals surface area contributed by atoms with Gasteiger partial charge in [0.15, 0.2) is 0 Å². The quantitative estimate of drug-likeness (QED) is 0.814. The largest absolute Gasteiger partial charge is 0.508 e. The molecule has 1 aliphatic rings. The van der Waals surface area contributed by atoms with Crippen LogP contribution in [-0.4, -0.2) is 17.6 Å². The molecule has 2 rings (SSSR count). The number of hydrogen-bond acceptors (Lipinski definition) is 2. The number of carbonyl (C=O) groups excluding carboxylic acids is 1. The zero-order chi connectivity index (χ0) is 11.5. The maximum Gasteiger partial charge on any atom is 0.223 e. The first kappa shape index (κ1) is 11.0. The molecule has 1 aliphatic carbocycles. The number of amides is 1. The van der Waals surface area contributed by atoms with E-state index in [1.165, 1.54) is 0 Å². The van der Waals surface area contributed by atoms with E-state index in [-0.39, 0.29) is 17.6 Å². The van der Waals surface area contributed by atoms with Gasteiger partial charge >= 0.3 is 0 Å². The second-order valence-corrected chi connectivity index (χ2v) is 4.33. The van der Waals surface area contributed by atoms with E-state index in [1.807, 2.05) is 19.1 Å².